The second kappa shape index (κ2) is 4.16. The van der Waals surface area contributed by atoms with E-state index in [9.17, 15) is 4.79 Å². The Balaban J connectivity index is 2.52. The summed E-state index contributed by atoms with van der Waals surface area (Å²) in [7, 11) is 0. The number of rotatable bonds is 1. The van der Waals surface area contributed by atoms with E-state index in [1.54, 1.807) is 0 Å². The van der Waals surface area contributed by atoms with Crippen molar-refractivity contribution < 1.29 is 4.79 Å². The van der Waals surface area contributed by atoms with Gasteiger partial charge in [0.25, 0.3) is 0 Å². The summed E-state index contributed by atoms with van der Waals surface area (Å²) in [6.45, 7) is 2.81. The number of allylic oxidation sites excluding steroid dienone is 1. The maximum Gasteiger partial charge on any atom is 0.226 e. The molecule has 0 bridgehead atoms. The normalized spacial score (nSPS) is 26.6. The summed E-state index contributed by atoms with van der Waals surface area (Å²) >= 11 is 0. The van der Waals surface area contributed by atoms with Crippen LogP contribution in [0, 0.1) is 5.92 Å². The van der Waals surface area contributed by atoms with Crippen molar-refractivity contribution in [1.82, 2.24) is 5.32 Å². The molecule has 2 heteroatoms. The first-order valence-corrected chi connectivity index (χ1v) is 4.25. The van der Waals surface area contributed by atoms with Crippen LogP contribution in [0.3, 0.4) is 0 Å². The summed E-state index contributed by atoms with van der Waals surface area (Å²) in [5.41, 5.74) is 0. The Bertz CT molecular complexity index is 163. The van der Waals surface area contributed by atoms with Crippen molar-refractivity contribution >= 4 is 5.91 Å². The molecule has 0 radical (unpaired) electrons. The lowest BCUT2D eigenvalue weighted by atomic mass is 10.0. The van der Waals surface area contributed by atoms with E-state index in [0.29, 0.717) is 0 Å². The van der Waals surface area contributed by atoms with E-state index in [0.717, 1.165) is 25.8 Å². The number of hydrogen-bond donors (Lipinski definition) is 1. The molecule has 11 heavy (non-hydrogen) atoms. The van der Waals surface area contributed by atoms with Gasteiger partial charge in [0.15, 0.2) is 0 Å². The number of carbonyl (C=O) groups excluding carboxylic acids is 1. The zero-order valence-corrected chi connectivity index (χ0v) is 6.97. The van der Waals surface area contributed by atoms with E-state index < -0.39 is 0 Å². The van der Waals surface area contributed by atoms with E-state index in [4.69, 9.17) is 0 Å². The van der Waals surface area contributed by atoms with Crippen LogP contribution < -0.4 is 5.32 Å². The SMILES string of the molecule is C/C=C/C1CCCCNC1=O. The summed E-state index contributed by atoms with van der Waals surface area (Å²) in [6.07, 6.45) is 7.24. The lowest BCUT2D eigenvalue weighted by Crippen LogP contribution is -2.27. The van der Waals surface area contributed by atoms with Crippen LogP contribution in [-0.4, -0.2) is 12.5 Å². The number of amides is 1. The molecule has 1 aliphatic heterocycles. The summed E-state index contributed by atoms with van der Waals surface area (Å²) in [4.78, 5) is 11.2. The smallest absolute Gasteiger partial charge is 0.226 e. The molecule has 0 aromatic heterocycles. The molecule has 1 amide bonds. The molecule has 1 saturated heterocycles. The van der Waals surface area contributed by atoms with Crippen molar-refractivity contribution in [3.05, 3.63) is 12.2 Å². The van der Waals surface area contributed by atoms with Crippen molar-refractivity contribution in [3.63, 3.8) is 0 Å². The first-order valence-electron chi connectivity index (χ1n) is 4.25. The maximum atomic E-state index is 11.2. The highest BCUT2D eigenvalue weighted by Crippen LogP contribution is 2.13. The minimum atomic E-state index is 0.127. The average Bonchev–Trinajstić information content (AvgIpc) is 2.18. The molecule has 0 saturated carbocycles. The van der Waals surface area contributed by atoms with Crippen LogP contribution in [0.25, 0.3) is 0 Å². The summed E-state index contributed by atoms with van der Waals surface area (Å²) in [6, 6.07) is 0. The maximum absolute atomic E-state index is 11.2. The van der Waals surface area contributed by atoms with Crippen LogP contribution in [0.1, 0.15) is 26.2 Å². The van der Waals surface area contributed by atoms with Gasteiger partial charge < -0.3 is 5.32 Å². The summed E-state index contributed by atoms with van der Waals surface area (Å²) < 4.78 is 0. The Kier molecular flexibility index (Phi) is 3.14. The highest BCUT2D eigenvalue weighted by atomic mass is 16.1. The van der Waals surface area contributed by atoms with Crippen molar-refractivity contribution in [2.45, 2.75) is 26.2 Å². The van der Waals surface area contributed by atoms with Gasteiger partial charge in [-0.05, 0) is 19.8 Å². The average molecular weight is 153 g/mol. The van der Waals surface area contributed by atoms with E-state index in [2.05, 4.69) is 5.32 Å². The first kappa shape index (κ1) is 8.31. The molecule has 1 atom stereocenters. The second-order valence-corrected chi connectivity index (χ2v) is 2.92. The van der Waals surface area contributed by atoms with Gasteiger partial charge in [-0.1, -0.05) is 18.6 Å². The fraction of sp³-hybridized carbons (Fsp3) is 0.667. The largest absolute Gasteiger partial charge is 0.356 e. The van der Waals surface area contributed by atoms with Crippen LogP contribution >= 0.6 is 0 Å². The van der Waals surface area contributed by atoms with Crippen LogP contribution in [0.2, 0.25) is 0 Å². The van der Waals surface area contributed by atoms with Gasteiger partial charge >= 0.3 is 0 Å². The Morgan fingerprint density at radius 3 is 3.09 bits per heavy atom. The van der Waals surface area contributed by atoms with Crippen molar-refractivity contribution in [2.24, 2.45) is 5.92 Å². The minimum absolute atomic E-state index is 0.127. The molecule has 1 rings (SSSR count). The fourth-order valence-corrected chi connectivity index (χ4v) is 1.38. The highest BCUT2D eigenvalue weighted by molar-refractivity contribution is 5.80. The topological polar surface area (TPSA) is 29.1 Å². The molecule has 1 heterocycles. The Morgan fingerprint density at radius 1 is 1.55 bits per heavy atom. The molecule has 62 valence electrons. The Morgan fingerprint density at radius 2 is 2.36 bits per heavy atom. The van der Waals surface area contributed by atoms with Crippen molar-refractivity contribution in [2.75, 3.05) is 6.54 Å². The summed E-state index contributed by atoms with van der Waals surface area (Å²) in [5.74, 6) is 0.322. The third-order valence-corrected chi connectivity index (χ3v) is 2.00. The Labute approximate surface area is 67.7 Å². The van der Waals surface area contributed by atoms with Gasteiger partial charge in [-0.25, -0.2) is 0 Å². The second-order valence-electron chi connectivity index (χ2n) is 2.92. The third kappa shape index (κ3) is 2.37. The van der Waals surface area contributed by atoms with Crippen LogP contribution in [0.15, 0.2) is 12.2 Å². The van der Waals surface area contributed by atoms with Gasteiger partial charge in [-0.3, -0.25) is 4.79 Å². The molecular formula is C9H15NO. The number of nitrogens with one attached hydrogen (secondary N) is 1. The molecule has 2 nitrogen and oxygen atoms in total. The zero-order chi connectivity index (χ0) is 8.10. The van der Waals surface area contributed by atoms with E-state index in [1.165, 1.54) is 0 Å². The predicted molar refractivity (Wildman–Crippen MR) is 45.2 cm³/mol. The van der Waals surface area contributed by atoms with Crippen molar-refractivity contribution in [1.29, 1.82) is 0 Å². The van der Waals surface area contributed by atoms with Gasteiger partial charge in [0.1, 0.15) is 0 Å². The lowest BCUT2D eigenvalue weighted by molar-refractivity contribution is -0.123. The van der Waals surface area contributed by atoms with E-state index in [1.807, 2.05) is 19.1 Å². The van der Waals surface area contributed by atoms with Crippen LogP contribution in [-0.2, 0) is 4.79 Å². The van der Waals surface area contributed by atoms with E-state index in [-0.39, 0.29) is 11.8 Å². The molecule has 1 fully saturated rings. The quantitative estimate of drug-likeness (QED) is 0.568. The molecule has 0 aromatic carbocycles. The fourth-order valence-electron chi connectivity index (χ4n) is 1.38. The molecule has 1 N–H and O–H groups in total. The standard InChI is InChI=1S/C9H15NO/c1-2-5-8-6-3-4-7-10-9(8)11/h2,5,8H,3-4,6-7H2,1H3,(H,10,11)/b5-2+. The Hall–Kier alpha value is -0.790. The lowest BCUT2D eigenvalue weighted by Gasteiger charge is -2.06. The molecule has 1 unspecified atom stereocenters. The highest BCUT2D eigenvalue weighted by Gasteiger charge is 2.16. The van der Waals surface area contributed by atoms with Gasteiger partial charge in [0.2, 0.25) is 5.91 Å². The number of carbonyl (C=O) groups is 1. The molecule has 1 aliphatic rings. The van der Waals surface area contributed by atoms with Gasteiger partial charge in [0.05, 0.1) is 5.92 Å². The van der Waals surface area contributed by atoms with Crippen LogP contribution in [0.4, 0.5) is 0 Å². The molecule has 0 aromatic rings. The first-order chi connectivity index (χ1) is 5.34. The predicted octanol–water partition coefficient (Wildman–Crippen LogP) is 1.48. The third-order valence-electron chi connectivity index (χ3n) is 2.00. The van der Waals surface area contributed by atoms with Gasteiger partial charge in [-0.2, -0.15) is 0 Å². The van der Waals surface area contributed by atoms with Gasteiger partial charge in [0, 0.05) is 6.54 Å². The van der Waals surface area contributed by atoms with Gasteiger partial charge in [-0.15, -0.1) is 0 Å². The zero-order valence-electron chi connectivity index (χ0n) is 6.97. The van der Waals surface area contributed by atoms with E-state index >= 15 is 0 Å². The molecule has 0 spiro atoms. The molecular weight excluding hydrogens is 138 g/mol. The molecule has 0 aliphatic carbocycles. The van der Waals surface area contributed by atoms with Crippen molar-refractivity contribution in [3.8, 4) is 0 Å². The monoisotopic (exact) mass is 153 g/mol. The minimum Gasteiger partial charge on any atom is -0.356 e. The number of hydrogen-bond acceptors (Lipinski definition) is 1. The van der Waals surface area contributed by atoms with Crippen LogP contribution in [0.5, 0.6) is 0 Å². The summed E-state index contributed by atoms with van der Waals surface area (Å²) in [5, 5.41) is 2.89.